The number of H-pyrrole nitrogens is 1. The minimum absolute atomic E-state index is 0.694. The van der Waals surface area contributed by atoms with Gasteiger partial charge in [-0.2, -0.15) is 5.10 Å². The first-order valence-electron chi connectivity index (χ1n) is 5.91. The highest BCUT2D eigenvalue weighted by Crippen LogP contribution is 2.21. The van der Waals surface area contributed by atoms with Gasteiger partial charge in [0.2, 0.25) is 0 Å². The molecule has 0 saturated heterocycles. The Bertz CT molecular complexity index is 783. The van der Waals surface area contributed by atoms with Crippen LogP contribution in [-0.2, 0) is 13.6 Å². The Hall–Kier alpha value is -2.08. The van der Waals surface area contributed by atoms with E-state index in [1.807, 2.05) is 42.2 Å². The summed E-state index contributed by atoms with van der Waals surface area (Å²) in [5, 5.41) is 4.18. The van der Waals surface area contributed by atoms with Crippen LogP contribution < -0.4 is 4.74 Å². The summed E-state index contributed by atoms with van der Waals surface area (Å²) in [5.74, 6) is 0.821. The molecule has 98 valence electrons. The predicted octanol–water partition coefficient (Wildman–Crippen LogP) is 2.49. The van der Waals surface area contributed by atoms with Crippen molar-refractivity contribution in [3.63, 3.8) is 0 Å². The summed E-state index contributed by atoms with van der Waals surface area (Å²) < 4.78 is 9.80. The monoisotopic (exact) mass is 274 g/mol. The number of methoxy groups -OCH3 is 1. The van der Waals surface area contributed by atoms with Gasteiger partial charge in [0.05, 0.1) is 30.9 Å². The van der Waals surface area contributed by atoms with E-state index in [-0.39, 0.29) is 0 Å². The molecule has 3 rings (SSSR count). The zero-order valence-electron chi connectivity index (χ0n) is 10.8. The van der Waals surface area contributed by atoms with Gasteiger partial charge < -0.3 is 14.3 Å². The lowest BCUT2D eigenvalue weighted by molar-refractivity contribution is 0.415. The molecule has 0 saturated carbocycles. The van der Waals surface area contributed by atoms with Crippen molar-refractivity contribution >= 4 is 23.3 Å². The van der Waals surface area contributed by atoms with Crippen LogP contribution >= 0.6 is 12.2 Å². The largest absolute Gasteiger partial charge is 0.497 e. The van der Waals surface area contributed by atoms with Crippen molar-refractivity contribution in [1.82, 2.24) is 19.3 Å². The second kappa shape index (κ2) is 4.55. The van der Waals surface area contributed by atoms with Crippen molar-refractivity contribution in [2.75, 3.05) is 7.11 Å². The number of hydrogen-bond acceptors (Lipinski definition) is 3. The molecule has 2 aromatic heterocycles. The molecule has 0 aliphatic heterocycles. The van der Waals surface area contributed by atoms with Crippen molar-refractivity contribution in [2.45, 2.75) is 6.54 Å². The standard InChI is InChI=1S/C13H14N4OS/c1-16-7-9(6-14-16)8-17-12-5-10(18-2)3-4-11(12)15-13(17)19/h3-7H,8H2,1-2H3,(H,15,19). The van der Waals surface area contributed by atoms with Gasteiger partial charge in [-0.3, -0.25) is 4.68 Å². The highest BCUT2D eigenvalue weighted by molar-refractivity contribution is 7.71. The number of fused-ring (bicyclic) bond motifs is 1. The third-order valence-electron chi connectivity index (χ3n) is 3.08. The van der Waals surface area contributed by atoms with Gasteiger partial charge in [0.15, 0.2) is 4.77 Å². The number of nitrogens with one attached hydrogen (secondary N) is 1. The Labute approximate surface area is 115 Å². The van der Waals surface area contributed by atoms with Crippen molar-refractivity contribution in [3.05, 3.63) is 40.9 Å². The van der Waals surface area contributed by atoms with Gasteiger partial charge >= 0.3 is 0 Å². The van der Waals surface area contributed by atoms with Crippen LogP contribution in [0.1, 0.15) is 5.56 Å². The highest BCUT2D eigenvalue weighted by Gasteiger charge is 2.07. The molecule has 0 bridgehead atoms. The van der Waals surface area contributed by atoms with Crippen molar-refractivity contribution < 1.29 is 4.74 Å². The molecule has 5 nitrogen and oxygen atoms in total. The molecular weight excluding hydrogens is 260 g/mol. The lowest BCUT2D eigenvalue weighted by Gasteiger charge is -2.04. The van der Waals surface area contributed by atoms with Crippen LogP contribution in [0.2, 0.25) is 0 Å². The summed E-state index contributed by atoms with van der Waals surface area (Å²) >= 11 is 5.38. The van der Waals surface area contributed by atoms with E-state index in [1.54, 1.807) is 11.8 Å². The highest BCUT2D eigenvalue weighted by atomic mass is 32.1. The third kappa shape index (κ3) is 2.15. The number of ether oxygens (including phenoxy) is 1. The van der Waals surface area contributed by atoms with E-state index in [0.29, 0.717) is 11.3 Å². The van der Waals surface area contributed by atoms with Gasteiger partial charge in [-0.05, 0) is 24.4 Å². The normalized spacial score (nSPS) is 11.1. The van der Waals surface area contributed by atoms with Crippen LogP contribution in [0.5, 0.6) is 5.75 Å². The van der Waals surface area contributed by atoms with E-state index >= 15 is 0 Å². The maximum absolute atomic E-state index is 5.38. The first kappa shape index (κ1) is 12.0. The molecule has 1 N–H and O–H groups in total. The van der Waals surface area contributed by atoms with Gasteiger partial charge in [-0.1, -0.05) is 0 Å². The van der Waals surface area contributed by atoms with E-state index < -0.39 is 0 Å². The number of imidazole rings is 1. The summed E-state index contributed by atoms with van der Waals surface area (Å²) in [7, 11) is 3.56. The predicted molar refractivity (Wildman–Crippen MR) is 76.0 cm³/mol. The van der Waals surface area contributed by atoms with Crippen molar-refractivity contribution in [3.8, 4) is 5.75 Å². The average molecular weight is 274 g/mol. The van der Waals surface area contributed by atoms with Gasteiger partial charge in [0.1, 0.15) is 5.75 Å². The summed E-state index contributed by atoms with van der Waals surface area (Å²) in [6, 6.07) is 5.88. The molecule has 0 radical (unpaired) electrons. The fraction of sp³-hybridized carbons (Fsp3) is 0.231. The number of aromatic nitrogens is 4. The second-order valence-corrected chi connectivity index (χ2v) is 4.81. The molecular formula is C13H14N4OS. The number of rotatable bonds is 3. The Morgan fingerprint density at radius 3 is 2.95 bits per heavy atom. The van der Waals surface area contributed by atoms with Crippen LogP contribution in [0.4, 0.5) is 0 Å². The van der Waals surface area contributed by atoms with E-state index in [2.05, 4.69) is 10.1 Å². The molecule has 0 fully saturated rings. The maximum Gasteiger partial charge on any atom is 0.178 e. The van der Waals surface area contributed by atoms with Crippen LogP contribution in [0, 0.1) is 4.77 Å². The quantitative estimate of drug-likeness (QED) is 0.746. The van der Waals surface area contributed by atoms with Gasteiger partial charge in [0, 0.05) is 24.9 Å². The molecule has 0 spiro atoms. The van der Waals surface area contributed by atoms with Gasteiger partial charge in [-0.15, -0.1) is 0 Å². The average Bonchev–Trinajstić information content (AvgIpc) is 2.94. The molecule has 3 aromatic rings. The number of nitrogens with zero attached hydrogens (tertiary/aromatic N) is 3. The molecule has 0 aliphatic carbocycles. The van der Waals surface area contributed by atoms with Gasteiger partial charge in [0.25, 0.3) is 0 Å². The van der Waals surface area contributed by atoms with E-state index in [4.69, 9.17) is 17.0 Å². The summed E-state index contributed by atoms with van der Waals surface area (Å²) in [6.45, 7) is 0.694. The van der Waals surface area contributed by atoms with Gasteiger partial charge in [-0.25, -0.2) is 0 Å². The Morgan fingerprint density at radius 1 is 1.42 bits per heavy atom. The fourth-order valence-electron chi connectivity index (χ4n) is 2.15. The first-order chi connectivity index (χ1) is 9.17. The summed E-state index contributed by atoms with van der Waals surface area (Å²) in [5.41, 5.74) is 3.16. The first-order valence-corrected chi connectivity index (χ1v) is 6.32. The van der Waals surface area contributed by atoms with Crippen molar-refractivity contribution in [2.24, 2.45) is 7.05 Å². The Kier molecular flexibility index (Phi) is 2.87. The molecule has 0 atom stereocenters. The fourth-order valence-corrected chi connectivity index (χ4v) is 2.43. The number of aryl methyl sites for hydroxylation is 1. The van der Waals surface area contributed by atoms with E-state index in [0.717, 1.165) is 22.3 Å². The molecule has 19 heavy (non-hydrogen) atoms. The topological polar surface area (TPSA) is 47.8 Å². The molecule has 0 unspecified atom stereocenters. The second-order valence-electron chi connectivity index (χ2n) is 4.42. The third-order valence-corrected chi connectivity index (χ3v) is 3.40. The molecule has 1 aromatic carbocycles. The molecule has 6 heteroatoms. The van der Waals surface area contributed by atoms with E-state index in [1.165, 1.54) is 0 Å². The molecule has 0 aliphatic rings. The molecule has 0 amide bonds. The lowest BCUT2D eigenvalue weighted by Crippen LogP contribution is -1.98. The van der Waals surface area contributed by atoms with Crippen LogP contribution in [0.3, 0.4) is 0 Å². The smallest absolute Gasteiger partial charge is 0.178 e. The van der Waals surface area contributed by atoms with Crippen LogP contribution in [-0.4, -0.2) is 26.4 Å². The summed E-state index contributed by atoms with van der Waals surface area (Å²) in [4.78, 5) is 3.20. The zero-order chi connectivity index (χ0) is 13.4. The van der Waals surface area contributed by atoms with Crippen molar-refractivity contribution in [1.29, 1.82) is 0 Å². The number of hydrogen-bond donors (Lipinski definition) is 1. The minimum atomic E-state index is 0.694. The van der Waals surface area contributed by atoms with Crippen LogP contribution in [0.15, 0.2) is 30.6 Å². The Balaban J connectivity index is 2.11. The lowest BCUT2D eigenvalue weighted by atomic mass is 10.3. The maximum atomic E-state index is 5.38. The molecule has 2 heterocycles. The Morgan fingerprint density at radius 2 is 2.26 bits per heavy atom. The number of aromatic amines is 1. The SMILES string of the molecule is COc1ccc2[nH]c(=S)n(Cc3cnn(C)c3)c2c1. The van der Waals surface area contributed by atoms with Crippen LogP contribution in [0.25, 0.3) is 11.0 Å². The zero-order valence-corrected chi connectivity index (χ0v) is 11.6. The van der Waals surface area contributed by atoms with E-state index in [9.17, 15) is 0 Å². The summed E-state index contributed by atoms with van der Waals surface area (Å²) in [6.07, 6.45) is 3.83. The minimum Gasteiger partial charge on any atom is -0.497 e. The number of benzene rings is 1.